The van der Waals surface area contributed by atoms with Gasteiger partial charge in [-0.3, -0.25) is 9.78 Å². The summed E-state index contributed by atoms with van der Waals surface area (Å²) in [5, 5.41) is 0. The van der Waals surface area contributed by atoms with E-state index in [1.165, 1.54) is 0 Å². The van der Waals surface area contributed by atoms with Crippen molar-refractivity contribution in [2.75, 3.05) is 0 Å². The van der Waals surface area contributed by atoms with Crippen LogP contribution in [0.3, 0.4) is 0 Å². The van der Waals surface area contributed by atoms with E-state index in [0.29, 0.717) is 18.4 Å². The van der Waals surface area contributed by atoms with E-state index in [2.05, 4.69) is 24.5 Å². The van der Waals surface area contributed by atoms with E-state index < -0.39 is 4.75 Å². The highest BCUT2D eigenvalue weighted by atomic mass is 32.1. The van der Waals surface area contributed by atoms with E-state index in [1.54, 1.807) is 18.3 Å². The number of aromatic nitrogens is 1. The molecule has 1 aromatic heterocycles. The van der Waals surface area contributed by atoms with Crippen LogP contribution in [0, 0.1) is 6.92 Å². The lowest BCUT2D eigenvalue weighted by molar-refractivity contribution is 0.0958. The Morgan fingerprint density at radius 1 is 1.16 bits per heavy atom. The standard InChI is InChI=1S/C16H16NOS/c1-16(19,11-10-14-9-5-6-12-17-14)15(18)13-7-3-2-4-8-13/h2-9,12,19H,1,10-11H2. The molecule has 1 unspecified atom stereocenters. The summed E-state index contributed by atoms with van der Waals surface area (Å²) in [6.07, 6.45) is 2.99. The van der Waals surface area contributed by atoms with Crippen molar-refractivity contribution in [2.45, 2.75) is 17.6 Å². The average Bonchev–Trinajstić information content (AvgIpc) is 2.46. The first-order valence-corrected chi connectivity index (χ1v) is 6.62. The summed E-state index contributed by atoms with van der Waals surface area (Å²) in [6, 6.07) is 14.9. The first-order chi connectivity index (χ1) is 9.09. The maximum atomic E-state index is 12.3. The summed E-state index contributed by atoms with van der Waals surface area (Å²) in [4.78, 5) is 16.6. The molecule has 0 aliphatic rings. The number of ketones is 1. The second kappa shape index (κ2) is 6.02. The number of hydrogen-bond donors (Lipinski definition) is 1. The first kappa shape index (κ1) is 13.8. The molecule has 0 aliphatic heterocycles. The van der Waals surface area contributed by atoms with E-state index in [4.69, 9.17) is 0 Å². The molecule has 0 aliphatic carbocycles. The predicted molar refractivity (Wildman–Crippen MR) is 80.4 cm³/mol. The number of aryl methyl sites for hydroxylation is 1. The van der Waals surface area contributed by atoms with Crippen LogP contribution in [-0.2, 0) is 6.42 Å². The van der Waals surface area contributed by atoms with Gasteiger partial charge in [0.15, 0.2) is 5.78 Å². The minimum atomic E-state index is -0.918. The van der Waals surface area contributed by atoms with Crippen molar-refractivity contribution in [2.24, 2.45) is 0 Å². The number of carbonyl (C=O) groups excluding carboxylic acids is 1. The quantitative estimate of drug-likeness (QED) is 0.666. The SMILES string of the molecule is [CH2]C(S)(CCc1ccccn1)C(=O)c1ccccc1. The summed E-state index contributed by atoms with van der Waals surface area (Å²) >= 11 is 4.43. The van der Waals surface area contributed by atoms with E-state index in [1.807, 2.05) is 36.4 Å². The Morgan fingerprint density at radius 2 is 1.84 bits per heavy atom. The summed E-state index contributed by atoms with van der Waals surface area (Å²) < 4.78 is -0.918. The number of nitrogens with zero attached hydrogens (tertiary/aromatic N) is 1. The third kappa shape index (κ3) is 3.67. The average molecular weight is 270 g/mol. The molecule has 1 atom stereocenters. The smallest absolute Gasteiger partial charge is 0.178 e. The fourth-order valence-electron chi connectivity index (χ4n) is 1.85. The summed E-state index contributed by atoms with van der Waals surface area (Å²) in [5.74, 6) is -0.0487. The molecule has 2 nitrogen and oxygen atoms in total. The third-order valence-electron chi connectivity index (χ3n) is 2.98. The highest BCUT2D eigenvalue weighted by molar-refractivity contribution is 7.83. The zero-order valence-corrected chi connectivity index (χ0v) is 11.5. The van der Waals surface area contributed by atoms with Crippen molar-refractivity contribution in [3.63, 3.8) is 0 Å². The lowest BCUT2D eigenvalue weighted by atomic mass is 9.93. The van der Waals surface area contributed by atoms with Crippen LogP contribution in [-0.4, -0.2) is 15.5 Å². The molecule has 0 spiro atoms. The predicted octanol–water partition coefficient (Wildman–Crippen LogP) is 3.40. The van der Waals surface area contributed by atoms with Gasteiger partial charge >= 0.3 is 0 Å². The van der Waals surface area contributed by atoms with Gasteiger partial charge in [0.2, 0.25) is 0 Å². The summed E-state index contributed by atoms with van der Waals surface area (Å²) in [7, 11) is 0. The molecular formula is C16H16NOS. The molecule has 0 N–H and O–H groups in total. The molecule has 0 bridgehead atoms. The fraction of sp³-hybridized carbons (Fsp3) is 0.188. The van der Waals surface area contributed by atoms with Crippen LogP contribution in [0.25, 0.3) is 0 Å². The maximum absolute atomic E-state index is 12.3. The van der Waals surface area contributed by atoms with Gasteiger partial charge in [0.05, 0.1) is 4.75 Å². The van der Waals surface area contributed by atoms with Gasteiger partial charge in [0.25, 0.3) is 0 Å². The van der Waals surface area contributed by atoms with Gasteiger partial charge in [-0.15, -0.1) is 0 Å². The Labute approximate surface area is 119 Å². The number of thiol groups is 1. The van der Waals surface area contributed by atoms with Gasteiger partial charge in [0, 0.05) is 17.5 Å². The van der Waals surface area contributed by atoms with Crippen LogP contribution in [0.4, 0.5) is 0 Å². The van der Waals surface area contributed by atoms with Crippen LogP contribution >= 0.6 is 12.6 Å². The molecule has 1 aromatic carbocycles. The van der Waals surface area contributed by atoms with Gasteiger partial charge < -0.3 is 0 Å². The zero-order valence-electron chi connectivity index (χ0n) is 10.6. The van der Waals surface area contributed by atoms with Crippen molar-refractivity contribution in [3.05, 3.63) is 72.9 Å². The Bertz CT molecular complexity index is 537. The van der Waals surface area contributed by atoms with Crippen molar-refractivity contribution in [1.29, 1.82) is 0 Å². The van der Waals surface area contributed by atoms with Crippen LogP contribution in [0.5, 0.6) is 0 Å². The summed E-state index contributed by atoms with van der Waals surface area (Å²) in [5.41, 5.74) is 1.60. The van der Waals surface area contributed by atoms with Gasteiger partial charge in [-0.25, -0.2) is 0 Å². The molecule has 0 fully saturated rings. The van der Waals surface area contributed by atoms with Gasteiger partial charge in [0.1, 0.15) is 0 Å². The van der Waals surface area contributed by atoms with Crippen molar-refractivity contribution >= 4 is 18.4 Å². The number of benzene rings is 1. The first-order valence-electron chi connectivity index (χ1n) is 6.17. The van der Waals surface area contributed by atoms with E-state index in [0.717, 1.165) is 5.69 Å². The van der Waals surface area contributed by atoms with E-state index >= 15 is 0 Å². The summed E-state index contributed by atoms with van der Waals surface area (Å²) in [6.45, 7) is 3.95. The third-order valence-corrected chi connectivity index (χ3v) is 3.41. The molecule has 2 rings (SSSR count). The fourth-order valence-corrected chi connectivity index (χ4v) is 2.09. The Balaban J connectivity index is 2.04. The Kier molecular flexibility index (Phi) is 4.38. The molecule has 0 saturated carbocycles. The number of Topliss-reactive ketones (excluding diaryl/α,β-unsaturated/α-hetero) is 1. The van der Waals surface area contributed by atoms with Gasteiger partial charge in [-0.2, -0.15) is 12.6 Å². The molecule has 19 heavy (non-hydrogen) atoms. The molecule has 1 heterocycles. The Hall–Kier alpha value is -1.61. The zero-order chi connectivity index (χ0) is 13.7. The lowest BCUT2D eigenvalue weighted by Crippen LogP contribution is -2.30. The minimum absolute atomic E-state index is 0.0487. The number of hydrogen-bond acceptors (Lipinski definition) is 3. The molecular weight excluding hydrogens is 254 g/mol. The normalized spacial score (nSPS) is 13.8. The van der Waals surface area contributed by atoms with Crippen molar-refractivity contribution < 1.29 is 4.79 Å². The molecule has 3 heteroatoms. The highest BCUT2D eigenvalue weighted by Gasteiger charge is 2.29. The van der Waals surface area contributed by atoms with Crippen molar-refractivity contribution in [3.8, 4) is 0 Å². The maximum Gasteiger partial charge on any atom is 0.178 e. The number of pyridine rings is 1. The van der Waals surface area contributed by atoms with Crippen molar-refractivity contribution in [1.82, 2.24) is 4.98 Å². The van der Waals surface area contributed by atoms with Gasteiger partial charge in [-0.1, -0.05) is 36.4 Å². The molecule has 2 aromatic rings. The molecule has 97 valence electrons. The topological polar surface area (TPSA) is 30.0 Å². The van der Waals surface area contributed by atoms with Crippen LogP contribution in [0.2, 0.25) is 0 Å². The Morgan fingerprint density at radius 3 is 2.47 bits per heavy atom. The molecule has 0 amide bonds. The highest BCUT2D eigenvalue weighted by Crippen LogP contribution is 2.25. The second-order valence-electron chi connectivity index (χ2n) is 4.55. The molecule has 1 radical (unpaired) electrons. The van der Waals surface area contributed by atoms with Crippen LogP contribution in [0.15, 0.2) is 54.7 Å². The largest absolute Gasteiger partial charge is 0.293 e. The minimum Gasteiger partial charge on any atom is -0.293 e. The lowest BCUT2D eigenvalue weighted by Gasteiger charge is -2.21. The number of rotatable bonds is 5. The second-order valence-corrected chi connectivity index (χ2v) is 5.40. The molecule has 0 saturated heterocycles. The van der Waals surface area contributed by atoms with Crippen LogP contribution < -0.4 is 0 Å². The monoisotopic (exact) mass is 270 g/mol. The van der Waals surface area contributed by atoms with E-state index in [9.17, 15) is 4.79 Å². The van der Waals surface area contributed by atoms with Crippen LogP contribution in [0.1, 0.15) is 22.5 Å². The number of carbonyl (C=O) groups is 1. The van der Waals surface area contributed by atoms with E-state index in [-0.39, 0.29) is 5.78 Å². The van der Waals surface area contributed by atoms with Gasteiger partial charge in [-0.05, 0) is 31.9 Å².